The van der Waals surface area contributed by atoms with Crippen molar-refractivity contribution in [1.29, 1.82) is 0 Å². The molecule has 2 amide bonds. The van der Waals surface area contributed by atoms with Crippen LogP contribution in [-0.4, -0.2) is 78.3 Å². The summed E-state index contributed by atoms with van der Waals surface area (Å²) in [5.41, 5.74) is 0. The maximum atomic E-state index is 12.1. The first-order chi connectivity index (χ1) is 11.6. The van der Waals surface area contributed by atoms with Gasteiger partial charge in [0, 0.05) is 19.6 Å². The number of hydrogen-bond donors (Lipinski definition) is 6. The lowest BCUT2D eigenvalue weighted by Gasteiger charge is -2.18. The van der Waals surface area contributed by atoms with Gasteiger partial charge in [-0.3, -0.25) is 9.59 Å². The lowest BCUT2D eigenvalue weighted by atomic mass is 10.1. The average Bonchev–Trinajstić information content (AvgIpc) is 2.58. The molecule has 0 fully saturated rings. The normalized spacial score (nSPS) is 13.3. The van der Waals surface area contributed by atoms with Gasteiger partial charge in [-0.15, -0.1) is 0 Å². The summed E-state index contributed by atoms with van der Waals surface area (Å²) in [5, 5.41) is 17.9. The van der Waals surface area contributed by atoms with E-state index in [9.17, 15) is 9.59 Å². The first kappa shape index (κ1) is 22.8. The Balaban J connectivity index is 3.98. The van der Waals surface area contributed by atoms with E-state index in [1.54, 1.807) is 14.1 Å². The molecule has 2 atom stereocenters. The molecule has 0 spiro atoms. The molecule has 24 heavy (non-hydrogen) atoms. The first-order valence-corrected chi connectivity index (χ1v) is 8.79. The summed E-state index contributed by atoms with van der Waals surface area (Å²) in [6.45, 7) is 2.83. The zero-order valence-corrected chi connectivity index (χ0v) is 15.6. The summed E-state index contributed by atoms with van der Waals surface area (Å²) in [7, 11) is 7.33. The van der Waals surface area contributed by atoms with Gasteiger partial charge in [-0.05, 0) is 60.4 Å². The molecule has 142 valence electrons. The zero-order chi connectivity index (χ0) is 18.2. The van der Waals surface area contributed by atoms with Crippen molar-refractivity contribution >= 4 is 11.8 Å². The lowest BCUT2D eigenvalue weighted by molar-refractivity contribution is -0.123. The summed E-state index contributed by atoms with van der Waals surface area (Å²) in [6.07, 6.45) is 3.19. The summed E-state index contributed by atoms with van der Waals surface area (Å²) >= 11 is 0. The molecule has 8 nitrogen and oxygen atoms in total. The van der Waals surface area contributed by atoms with Crippen LogP contribution < -0.4 is 31.9 Å². The van der Waals surface area contributed by atoms with Crippen LogP contribution in [0.3, 0.4) is 0 Å². The first-order valence-electron chi connectivity index (χ1n) is 8.79. The van der Waals surface area contributed by atoms with Gasteiger partial charge in [0.25, 0.3) is 0 Å². The third kappa shape index (κ3) is 10.5. The molecular formula is C16H36N6O2. The van der Waals surface area contributed by atoms with Crippen LogP contribution in [0.2, 0.25) is 0 Å². The molecule has 0 saturated heterocycles. The van der Waals surface area contributed by atoms with Crippen molar-refractivity contribution in [3.8, 4) is 0 Å². The standard InChI is InChI=1S/C16H36N6O2/c1-17-9-5-7-13(19-3)15(23)21-10-6-8-14(20-4)16(24)22-12-11-18-2/h13-14,17-20H,5-12H2,1-4H3,(H,21,23)(H,22,24)/t13-,14+/m1/s1. The average molecular weight is 345 g/mol. The second-order valence-electron chi connectivity index (χ2n) is 5.76. The molecule has 0 aliphatic rings. The van der Waals surface area contributed by atoms with Crippen LogP contribution in [0.15, 0.2) is 0 Å². The molecule has 6 N–H and O–H groups in total. The largest absolute Gasteiger partial charge is 0.355 e. The molecular weight excluding hydrogens is 308 g/mol. The molecule has 8 heteroatoms. The molecule has 0 aromatic carbocycles. The minimum absolute atomic E-state index is 0.000700. The zero-order valence-electron chi connectivity index (χ0n) is 15.6. The van der Waals surface area contributed by atoms with Crippen molar-refractivity contribution in [2.24, 2.45) is 0 Å². The van der Waals surface area contributed by atoms with Crippen molar-refractivity contribution in [3.63, 3.8) is 0 Å². The highest BCUT2D eigenvalue weighted by atomic mass is 16.2. The topological polar surface area (TPSA) is 106 Å². The smallest absolute Gasteiger partial charge is 0.237 e. The van der Waals surface area contributed by atoms with Crippen LogP contribution in [0.4, 0.5) is 0 Å². The van der Waals surface area contributed by atoms with Crippen LogP contribution in [0.5, 0.6) is 0 Å². The Kier molecular flexibility index (Phi) is 14.5. The monoisotopic (exact) mass is 344 g/mol. The molecule has 0 heterocycles. The fraction of sp³-hybridized carbons (Fsp3) is 0.875. The highest BCUT2D eigenvalue weighted by molar-refractivity contribution is 5.82. The van der Waals surface area contributed by atoms with E-state index in [4.69, 9.17) is 0 Å². The Bertz CT molecular complexity index is 341. The van der Waals surface area contributed by atoms with Gasteiger partial charge in [0.15, 0.2) is 0 Å². The fourth-order valence-corrected chi connectivity index (χ4v) is 2.37. The second-order valence-corrected chi connectivity index (χ2v) is 5.76. The molecule has 0 saturated carbocycles. The quantitative estimate of drug-likeness (QED) is 0.200. The van der Waals surface area contributed by atoms with E-state index in [0.29, 0.717) is 19.5 Å². The molecule has 0 aromatic rings. The molecule has 0 radical (unpaired) electrons. The van der Waals surface area contributed by atoms with E-state index in [1.165, 1.54) is 0 Å². The van der Waals surface area contributed by atoms with E-state index in [2.05, 4.69) is 31.9 Å². The third-order valence-corrected chi connectivity index (χ3v) is 3.89. The van der Waals surface area contributed by atoms with Gasteiger partial charge < -0.3 is 31.9 Å². The predicted octanol–water partition coefficient (Wildman–Crippen LogP) is -1.61. The van der Waals surface area contributed by atoms with E-state index in [1.807, 2.05) is 14.1 Å². The Hall–Kier alpha value is -1.22. The second kappa shape index (κ2) is 15.3. The fourth-order valence-electron chi connectivity index (χ4n) is 2.37. The van der Waals surface area contributed by atoms with Gasteiger partial charge >= 0.3 is 0 Å². The van der Waals surface area contributed by atoms with E-state index in [-0.39, 0.29) is 23.9 Å². The van der Waals surface area contributed by atoms with Gasteiger partial charge in [0.1, 0.15) is 0 Å². The maximum absolute atomic E-state index is 12.1. The summed E-state index contributed by atoms with van der Waals surface area (Å²) < 4.78 is 0. The SMILES string of the molecule is CNCCC[C@@H](NC)C(=O)NCCC[C@H](NC)C(=O)NCCNC. The van der Waals surface area contributed by atoms with Crippen LogP contribution in [0.25, 0.3) is 0 Å². The third-order valence-electron chi connectivity index (χ3n) is 3.89. The molecule has 0 aliphatic carbocycles. The minimum atomic E-state index is -0.227. The Labute approximate surface area is 146 Å². The molecule has 0 bridgehead atoms. The summed E-state index contributed by atoms with van der Waals surface area (Å²) in [4.78, 5) is 24.1. The molecule has 0 unspecified atom stereocenters. The van der Waals surface area contributed by atoms with E-state index in [0.717, 1.165) is 32.4 Å². The number of hydrogen-bond acceptors (Lipinski definition) is 6. The van der Waals surface area contributed by atoms with Crippen molar-refractivity contribution in [3.05, 3.63) is 0 Å². The van der Waals surface area contributed by atoms with Gasteiger partial charge in [-0.2, -0.15) is 0 Å². The summed E-state index contributed by atoms with van der Waals surface area (Å²) in [6, 6.07) is -0.391. The summed E-state index contributed by atoms with van der Waals surface area (Å²) in [5.74, 6) is 0.0207. The number of nitrogens with one attached hydrogen (secondary N) is 6. The number of amides is 2. The van der Waals surface area contributed by atoms with Gasteiger partial charge in [-0.1, -0.05) is 0 Å². The maximum Gasteiger partial charge on any atom is 0.237 e. The highest BCUT2D eigenvalue weighted by Crippen LogP contribution is 1.99. The van der Waals surface area contributed by atoms with Crippen LogP contribution in [-0.2, 0) is 9.59 Å². The molecule has 0 aromatic heterocycles. The highest BCUT2D eigenvalue weighted by Gasteiger charge is 2.17. The number of likely N-dealkylation sites (N-methyl/N-ethyl adjacent to an activating group) is 3. The van der Waals surface area contributed by atoms with Gasteiger partial charge in [0.2, 0.25) is 11.8 Å². The number of carbonyl (C=O) groups excluding carboxylic acids is 2. The van der Waals surface area contributed by atoms with Crippen LogP contribution >= 0.6 is 0 Å². The van der Waals surface area contributed by atoms with E-state index >= 15 is 0 Å². The molecule has 0 rings (SSSR count). The van der Waals surface area contributed by atoms with Crippen LogP contribution in [0.1, 0.15) is 25.7 Å². The number of rotatable bonds is 15. The van der Waals surface area contributed by atoms with E-state index < -0.39 is 0 Å². The Morgan fingerprint density at radius 2 is 1.12 bits per heavy atom. The lowest BCUT2D eigenvalue weighted by Crippen LogP contribution is -2.45. The van der Waals surface area contributed by atoms with Crippen molar-refractivity contribution in [2.45, 2.75) is 37.8 Å². The minimum Gasteiger partial charge on any atom is -0.355 e. The van der Waals surface area contributed by atoms with Crippen molar-refractivity contribution < 1.29 is 9.59 Å². The number of carbonyl (C=O) groups is 2. The Morgan fingerprint density at radius 3 is 1.58 bits per heavy atom. The Morgan fingerprint density at radius 1 is 0.667 bits per heavy atom. The van der Waals surface area contributed by atoms with Gasteiger partial charge in [0.05, 0.1) is 12.1 Å². The van der Waals surface area contributed by atoms with Crippen LogP contribution in [0, 0.1) is 0 Å². The van der Waals surface area contributed by atoms with Gasteiger partial charge in [-0.25, -0.2) is 0 Å². The van der Waals surface area contributed by atoms with Crippen molar-refractivity contribution in [1.82, 2.24) is 31.9 Å². The van der Waals surface area contributed by atoms with Crippen molar-refractivity contribution in [2.75, 3.05) is 54.4 Å². The predicted molar refractivity (Wildman–Crippen MR) is 98.0 cm³/mol. The molecule has 0 aliphatic heterocycles.